The highest BCUT2D eigenvalue weighted by Gasteiger charge is 2.17. The van der Waals surface area contributed by atoms with Crippen molar-refractivity contribution in [1.29, 1.82) is 0 Å². The first-order valence-corrected chi connectivity index (χ1v) is 9.88. The molecule has 0 fully saturated rings. The van der Waals surface area contributed by atoms with Gasteiger partial charge in [-0.05, 0) is 25.7 Å². The molecule has 0 saturated carbocycles. The second-order valence-corrected chi connectivity index (χ2v) is 8.11. The number of aryl methyl sites for hydroxylation is 2. The summed E-state index contributed by atoms with van der Waals surface area (Å²) in [5.74, 6) is 1.81. The number of hydrogen-bond donors (Lipinski definition) is 1. The second kappa shape index (κ2) is 8.07. The van der Waals surface area contributed by atoms with Crippen molar-refractivity contribution in [2.45, 2.75) is 38.8 Å². The van der Waals surface area contributed by atoms with E-state index in [2.05, 4.69) is 31.8 Å². The Kier molecular flexibility index (Phi) is 5.80. The maximum Gasteiger partial charge on any atom is 0.204 e. The molecule has 0 amide bonds. The van der Waals surface area contributed by atoms with Gasteiger partial charge in [0, 0.05) is 40.1 Å². The van der Waals surface area contributed by atoms with Gasteiger partial charge in [-0.25, -0.2) is 9.97 Å². The minimum absolute atomic E-state index is 0.683. The van der Waals surface area contributed by atoms with E-state index in [1.807, 2.05) is 50.6 Å². The number of imidazole rings is 1. The number of nitrogens with one attached hydrogen (secondary N) is 1. The Labute approximate surface area is 159 Å². The summed E-state index contributed by atoms with van der Waals surface area (Å²) in [5.41, 5.74) is 2.44. The zero-order valence-electron chi connectivity index (χ0n) is 16.4. The van der Waals surface area contributed by atoms with Crippen LogP contribution in [0.25, 0.3) is 0 Å². The Balaban J connectivity index is 1.60. The first kappa shape index (κ1) is 18.7. The van der Waals surface area contributed by atoms with E-state index in [1.54, 1.807) is 0 Å². The van der Waals surface area contributed by atoms with Crippen LogP contribution < -0.4 is 10.2 Å². The first-order chi connectivity index (χ1) is 12.5. The molecule has 0 saturated heterocycles. The zero-order chi connectivity index (χ0) is 18.7. The largest absolute Gasteiger partial charge is 0.351 e. The van der Waals surface area contributed by atoms with E-state index in [9.17, 15) is 0 Å². The lowest BCUT2D eigenvalue weighted by Crippen LogP contribution is -2.38. The molecule has 0 unspecified atom stereocenters. The van der Waals surface area contributed by atoms with Gasteiger partial charge in [0.05, 0.1) is 30.7 Å². The van der Waals surface area contributed by atoms with Crippen molar-refractivity contribution >= 4 is 23.2 Å². The maximum absolute atomic E-state index is 4.84. The molecule has 26 heavy (non-hydrogen) atoms. The highest BCUT2D eigenvalue weighted by Crippen LogP contribution is 2.27. The van der Waals surface area contributed by atoms with E-state index in [4.69, 9.17) is 4.98 Å². The van der Waals surface area contributed by atoms with E-state index in [-0.39, 0.29) is 0 Å². The minimum Gasteiger partial charge on any atom is -0.351 e. The van der Waals surface area contributed by atoms with Gasteiger partial charge in [0.1, 0.15) is 5.01 Å². The third kappa shape index (κ3) is 4.00. The molecule has 8 heteroatoms. The molecule has 0 spiro atoms. The number of aromatic nitrogens is 3. The van der Waals surface area contributed by atoms with Gasteiger partial charge in [0.15, 0.2) is 5.96 Å². The molecule has 1 aliphatic carbocycles. The van der Waals surface area contributed by atoms with Gasteiger partial charge >= 0.3 is 0 Å². The highest BCUT2D eigenvalue weighted by atomic mass is 32.1. The van der Waals surface area contributed by atoms with Gasteiger partial charge < -0.3 is 19.7 Å². The summed E-state index contributed by atoms with van der Waals surface area (Å²) in [5, 5.41) is 4.61. The number of nitrogens with zero attached hydrogens (tertiary/aromatic N) is 6. The fourth-order valence-electron chi connectivity index (χ4n) is 3.32. The van der Waals surface area contributed by atoms with Gasteiger partial charge in [0.2, 0.25) is 5.95 Å². The Morgan fingerprint density at radius 3 is 2.73 bits per heavy atom. The number of fused-ring (bicyclic) bond motifs is 1. The fourth-order valence-corrected chi connectivity index (χ4v) is 4.53. The van der Waals surface area contributed by atoms with E-state index in [0.29, 0.717) is 6.54 Å². The SMILES string of the molecule is CN=C(NCc1cnc(N(C)C)n1C)N(C)Cc1nc2c(s1)CCCC2. The van der Waals surface area contributed by atoms with Crippen LogP contribution in [0.15, 0.2) is 11.2 Å². The summed E-state index contributed by atoms with van der Waals surface area (Å²) in [4.78, 5) is 19.3. The lowest BCUT2D eigenvalue weighted by Gasteiger charge is -2.21. The van der Waals surface area contributed by atoms with E-state index in [0.717, 1.165) is 30.6 Å². The molecule has 3 rings (SSSR count). The van der Waals surface area contributed by atoms with Crippen LogP contribution in [-0.4, -0.2) is 53.6 Å². The zero-order valence-corrected chi connectivity index (χ0v) is 17.2. The van der Waals surface area contributed by atoms with Crippen molar-refractivity contribution in [2.75, 3.05) is 33.1 Å². The van der Waals surface area contributed by atoms with Crippen LogP contribution in [0.5, 0.6) is 0 Å². The van der Waals surface area contributed by atoms with Gasteiger partial charge in [-0.3, -0.25) is 4.99 Å². The van der Waals surface area contributed by atoms with Crippen molar-refractivity contribution in [3.8, 4) is 0 Å². The fraction of sp³-hybridized carbons (Fsp3) is 0.611. The smallest absolute Gasteiger partial charge is 0.204 e. The molecule has 7 nitrogen and oxygen atoms in total. The van der Waals surface area contributed by atoms with E-state index in [1.165, 1.54) is 34.8 Å². The summed E-state index contributed by atoms with van der Waals surface area (Å²) in [6.07, 6.45) is 6.81. The molecule has 0 bridgehead atoms. The maximum atomic E-state index is 4.84. The number of rotatable bonds is 5. The van der Waals surface area contributed by atoms with Crippen LogP contribution in [0, 0.1) is 0 Å². The van der Waals surface area contributed by atoms with Crippen LogP contribution in [0.3, 0.4) is 0 Å². The van der Waals surface area contributed by atoms with Crippen LogP contribution in [-0.2, 0) is 33.0 Å². The molecule has 0 aliphatic heterocycles. The Morgan fingerprint density at radius 1 is 1.31 bits per heavy atom. The summed E-state index contributed by atoms with van der Waals surface area (Å²) in [6, 6.07) is 0. The lowest BCUT2D eigenvalue weighted by atomic mass is 10.0. The van der Waals surface area contributed by atoms with Crippen molar-refractivity contribution in [3.05, 3.63) is 27.5 Å². The van der Waals surface area contributed by atoms with Crippen molar-refractivity contribution in [2.24, 2.45) is 12.0 Å². The minimum atomic E-state index is 0.683. The molecule has 0 atom stereocenters. The summed E-state index contributed by atoms with van der Waals surface area (Å²) in [7, 11) is 9.91. The molecule has 142 valence electrons. The standard InChI is InChI=1S/C18H29N7S/c1-19-17(20-10-13-11-21-18(23(2)3)25(13)5)24(4)12-16-22-14-8-6-7-9-15(14)26-16/h11H,6-10,12H2,1-5H3,(H,19,20). The molecule has 2 heterocycles. The predicted octanol–water partition coefficient (Wildman–Crippen LogP) is 2.03. The number of thiazole rings is 1. The van der Waals surface area contributed by atoms with Crippen molar-refractivity contribution in [1.82, 2.24) is 24.8 Å². The highest BCUT2D eigenvalue weighted by molar-refractivity contribution is 7.11. The van der Waals surface area contributed by atoms with Crippen LogP contribution in [0.2, 0.25) is 0 Å². The summed E-state index contributed by atoms with van der Waals surface area (Å²) in [6.45, 7) is 1.47. The first-order valence-electron chi connectivity index (χ1n) is 9.06. The number of guanidine groups is 1. The van der Waals surface area contributed by atoms with Crippen LogP contribution in [0.1, 0.15) is 34.1 Å². The molecule has 2 aromatic heterocycles. The van der Waals surface area contributed by atoms with Gasteiger partial charge in [-0.15, -0.1) is 11.3 Å². The predicted molar refractivity (Wildman–Crippen MR) is 108 cm³/mol. The van der Waals surface area contributed by atoms with Gasteiger partial charge in [-0.2, -0.15) is 0 Å². The van der Waals surface area contributed by atoms with Crippen LogP contribution >= 0.6 is 11.3 Å². The molecule has 1 N–H and O–H groups in total. The van der Waals surface area contributed by atoms with Crippen molar-refractivity contribution in [3.63, 3.8) is 0 Å². The third-order valence-electron chi connectivity index (χ3n) is 4.72. The van der Waals surface area contributed by atoms with E-state index < -0.39 is 0 Å². The normalized spacial score (nSPS) is 14.3. The average Bonchev–Trinajstić information content (AvgIpc) is 3.18. The third-order valence-corrected chi connectivity index (χ3v) is 5.87. The molecule has 1 aliphatic rings. The van der Waals surface area contributed by atoms with Crippen LogP contribution in [0.4, 0.5) is 5.95 Å². The summed E-state index contributed by atoms with van der Waals surface area (Å²) < 4.78 is 2.09. The lowest BCUT2D eigenvalue weighted by molar-refractivity contribution is 0.473. The quantitative estimate of drug-likeness (QED) is 0.640. The number of aliphatic imine (C=N–C) groups is 1. The van der Waals surface area contributed by atoms with Crippen molar-refractivity contribution < 1.29 is 0 Å². The Bertz CT molecular complexity index is 751. The Morgan fingerprint density at radius 2 is 2.08 bits per heavy atom. The van der Waals surface area contributed by atoms with E-state index >= 15 is 0 Å². The second-order valence-electron chi connectivity index (χ2n) is 6.94. The molecule has 0 radical (unpaired) electrons. The topological polar surface area (TPSA) is 61.6 Å². The monoisotopic (exact) mass is 375 g/mol. The number of anilines is 1. The van der Waals surface area contributed by atoms with Gasteiger partial charge in [0.25, 0.3) is 0 Å². The number of hydrogen-bond acceptors (Lipinski definition) is 5. The molecular formula is C18H29N7S. The van der Waals surface area contributed by atoms with Gasteiger partial charge in [-0.1, -0.05) is 0 Å². The average molecular weight is 376 g/mol. The summed E-state index contributed by atoms with van der Waals surface area (Å²) >= 11 is 1.86. The Hall–Kier alpha value is -2.09. The molecule has 0 aromatic carbocycles. The molecular weight excluding hydrogens is 346 g/mol. The molecule has 2 aromatic rings.